The Labute approximate surface area is 118 Å². The standard InChI is InChI=1S/C16H19NOS/c1-10-8-13(11(2)19-10)16(17-3)15-9-12-6-4-5-7-14(12)18-15/h4-8,15-17H,9H2,1-3H3. The van der Waals surface area contributed by atoms with Gasteiger partial charge in [0.25, 0.3) is 0 Å². The first-order valence-corrected chi connectivity index (χ1v) is 7.49. The third-order valence-corrected chi connectivity index (χ3v) is 4.75. The summed E-state index contributed by atoms with van der Waals surface area (Å²) in [5.74, 6) is 1.04. The lowest BCUT2D eigenvalue weighted by Gasteiger charge is -2.23. The first-order valence-electron chi connectivity index (χ1n) is 6.68. The fraction of sp³-hybridized carbons (Fsp3) is 0.375. The number of benzene rings is 1. The molecule has 0 radical (unpaired) electrons. The molecule has 100 valence electrons. The van der Waals surface area contributed by atoms with Crippen molar-refractivity contribution in [3.05, 3.63) is 51.2 Å². The van der Waals surface area contributed by atoms with E-state index in [0.29, 0.717) is 0 Å². The van der Waals surface area contributed by atoms with E-state index < -0.39 is 0 Å². The van der Waals surface area contributed by atoms with E-state index in [4.69, 9.17) is 4.74 Å². The molecule has 0 fully saturated rings. The van der Waals surface area contributed by atoms with Gasteiger partial charge in [0.05, 0.1) is 6.04 Å². The minimum atomic E-state index is 0.190. The second-order valence-corrected chi connectivity index (χ2v) is 6.56. The Hall–Kier alpha value is -1.32. The zero-order chi connectivity index (χ0) is 13.4. The van der Waals surface area contributed by atoms with Crippen molar-refractivity contribution in [1.29, 1.82) is 0 Å². The lowest BCUT2D eigenvalue weighted by atomic mass is 9.98. The number of aryl methyl sites for hydroxylation is 2. The van der Waals surface area contributed by atoms with Gasteiger partial charge >= 0.3 is 0 Å². The van der Waals surface area contributed by atoms with Crippen molar-refractivity contribution in [2.45, 2.75) is 32.4 Å². The first kappa shape index (κ1) is 12.7. The molecule has 2 nitrogen and oxygen atoms in total. The summed E-state index contributed by atoms with van der Waals surface area (Å²) in [5.41, 5.74) is 2.69. The average Bonchev–Trinajstić information content (AvgIpc) is 2.94. The molecule has 1 aromatic carbocycles. The number of ether oxygens (including phenoxy) is 1. The highest BCUT2D eigenvalue weighted by Gasteiger charge is 2.31. The number of hydrogen-bond donors (Lipinski definition) is 1. The quantitative estimate of drug-likeness (QED) is 0.922. The normalized spacial score (nSPS) is 19.0. The SMILES string of the molecule is CNC(c1cc(C)sc1C)C1Cc2ccccc2O1. The number of thiophene rings is 1. The molecule has 3 rings (SSSR count). The number of rotatable bonds is 3. The fourth-order valence-corrected chi connectivity index (χ4v) is 3.87. The minimum absolute atomic E-state index is 0.190. The average molecular weight is 273 g/mol. The van der Waals surface area contributed by atoms with E-state index in [-0.39, 0.29) is 12.1 Å². The van der Waals surface area contributed by atoms with Crippen molar-refractivity contribution in [2.24, 2.45) is 0 Å². The van der Waals surface area contributed by atoms with Crippen LogP contribution in [-0.4, -0.2) is 13.2 Å². The van der Waals surface area contributed by atoms with Gasteiger partial charge in [0.2, 0.25) is 0 Å². The topological polar surface area (TPSA) is 21.3 Å². The van der Waals surface area contributed by atoms with Gasteiger partial charge in [-0.2, -0.15) is 0 Å². The van der Waals surface area contributed by atoms with Crippen LogP contribution in [0.25, 0.3) is 0 Å². The van der Waals surface area contributed by atoms with E-state index in [1.807, 2.05) is 24.5 Å². The molecular formula is C16H19NOS. The second-order valence-electron chi connectivity index (χ2n) is 5.10. The van der Waals surface area contributed by atoms with E-state index in [9.17, 15) is 0 Å². The summed E-state index contributed by atoms with van der Waals surface area (Å²) in [6.07, 6.45) is 1.17. The summed E-state index contributed by atoms with van der Waals surface area (Å²) >= 11 is 1.86. The molecule has 0 spiro atoms. The van der Waals surface area contributed by atoms with Crippen LogP contribution in [0.15, 0.2) is 30.3 Å². The maximum absolute atomic E-state index is 6.12. The van der Waals surface area contributed by atoms with Gasteiger partial charge in [0.15, 0.2) is 0 Å². The van der Waals surface area contributed by atoms with E-state index in [1.54, 1.807) is 0 Å². The maximum atomic E-state index is 6.12. The Balaban J connectivity index is 1.88. The molecule has 2 unspecified atom stereocenters. The molecule has 0 saturated heterocycles. The fourth-order valence-electron chi connectivity index (χ4n) is 2.90. The highest BCUT2D eigenvalue weighted by atomic mass is 32.1. The summed E-state index contributed by atoms with van der Waals surface area (Å²) in [7, 11) is 2.02. The van der Waals surface area contributed by atoms with Crippen LogP contribution in [0.5, 0.6) is 5.75 Å². The van der Waals surface area contributed by atoms with Crippen LogP contribution in [0.1, 0.15) is 26.9 Å². The molecule has 3 heteroatoms. The lowest BCUT2D eigenvalue weighted by molar-refractivity contribution is 0.183. The Kier molecular flexibility index (Phi) is 3.33. The monoisotopic (exact) mass is 273 g/mol. The highest BCUT2D eigenvalue weighted by molar-refractivity contribution is 7.12. The summed E-state index contributed by atoms with van der Waals surface area (Å²) < 4.78 is 6.12. The minimum Gasteiger partial charge on any atom is -0.488 e. The number of nitrogens with one attached hydrogen (secondary N) is 1. The third-order valence-electron chi connectivity index (χ3n) is 3.77. The van der Waals surface area contributed by atoms with Crippen molar-refractivity contribution >= 4 is 11.3 Å². The highest BCUT2D eigenvalue weighted by Crippen LogP contribution is 2.36. The Morgan fingerprint density at radius 2 is 2.11 bits per heavy atom. The zero-order valence-electron chi connectivity index (χ0n) is 11.6. The van der Waals surface area contributed by atoms with Crippen LogP contribution >= 0.6 is 11.3 Å². The van der Waals surface area contributed by atoms with Crippen molar-refractivity contribution < 1.29 is 4.74 Å². The van der Waals surface area contributed by atoms with Crippen LogP contribution in [0.4, 0.5) is 0 Å². The van der Waals surface area contributed by atoms with Crippen molar-refractivity contribution in [3.8, 4) is 5.75 Å². The number of likely N-dealkylation sites (N-methyl/N-ethyl adjacent to an activating group) is 1. The smallest absolute Gasteiger partial charge is 0.123 e. The molecule has 0 bridgehead atoms. The first-order chi connectivity index (χ1) is 9.19. The van der Waals surface area contributed by atoms with Gasteiger partial charge in [0, 0.05) is 16.2 Å². The molecule has 1 aliphatic heterocycles. The van der Waals surface area contributed by atoms with Crippen molar-refractivity contribution in [2.75, 3.05) is 7.05 Å². The second kappa shape index (κ2) is 4.99. The Morgan fingerprint density at radius 3 is 2.74 bits per heavy atom. The van der Waals surface area contributed by atoms with Gasteiger partial charge < -0.3 is 10.1 Å². The van der Waals surface area contributed by atoms with E-state index in [2.05, 4.69) is 43.4 Å². The van der Waals surface area contributed by atoms with Crippen LogP contribution in [-0.2, 0) is 6.42 Å². The summed E-state index contributed by atoms with van der Waals surface area (Å²) in [6.45, 7) is 4.36. The molecule has 0 aliphatic carbocycles. The Bertz CT molecular complexity index is 565. The van der Waals surface area contributed by atoms with E-state index in [0.717, 1.165) is 12.2 Å². The number of hydrogen-bond acceptors (Lipinski definition) is 3. The van der Waals surface area contributed by atoms with Crippen LogP contribution in [0.3, 0.4) is 0 Å². The van der Waals surface area contributed by atoms with Gasteiger partial charge in [-0.05, 0) is 44.2 Å². The van der Waals surface area contributed by atoms with Crippen molar-refractivity contribution in [1.82, 2.24) is 5.32 Å². The Morgan fingerprint density at radius 1 is 1.32 bits per heavy atom. The molecular weight excluding hydrogens is 254 g/mol. The number of fused-ring (bicyclic) bond motifs is 1. The number of para-hydroxylation sites is 1. The largest absolute Gasteiger partial charge is 0.488 e. The van der Waals surface area contributed by atoms with Crippen LogP contribution in [0, 0.1) is 13.8 Å². The predicted molar refractivity (Wildman–Crippen MR) is 80.2 cm³/mol. The molecule has 2 atom stereocenters. The molecule has 19 heavy (non-hydrogen) atoms. The van der Waals surface area contributed by atoms with Gasteiger partial charge in [-0.15, -0.1) is 11.3 Å². The van der Waals surface area contributed by atoms with Gasteiger partial charge in [-0.1, -0.05) is 18.2 Å². The maximum Gasteiger partial charge on any atom is 0.123 e. The zero-order valence-corrected chi connectivity index (χ0v) is 12.4. The van der Waals surface area contributed by atoms with Gasteiger partial charge in [0.1, 0.15) is 11.9 Å². The molecule has 1 N–H and O–H groups in total. The molecule has 0 amide bonds. The molecule has 0 saturated carbocycles. The van der Waals surface area contributed by atoms with Gasteiger partial charge in [-0.25, -0.2) is 0 Å². The molecule has 1 aromatic heterocycles. The van der Waals surface area contributed by atoms with Crippen LogP contribution < -0.4 is 10.1 Å². The molecule has 2 heterocycles. The summed E-state index contributed by atoms with van der Waals surface area (Å²) in [4.78, 5) is 2.75. The van der Waals surface area contributed by atoms with Crippen LogP contribution in [0.2, 0.25) is 0 Å². The van der Waals surface area contributed by atoms with E-state index in [1.165, 1.54) is 20.9 Å². The third kappa shape index (κ3) is 2.28. The molecule has 2 aromatic rings. The van der Waals surface area contributed by atoms with Gasteiger partial charge in [-0.3, -0.25) is 0 Å². The van der Waals surface area contributed by atoms with E-state index >= 15 is 0 Å². The summed E-state index contributed by atoms with van der Waals surface area (Å²) in [6, 6.07) is 10.9. The summed E-state index contributed by atoms with van der Waals surface area (Å²) in [5, 5.41) is 3.43. The van der Waals surface area contributed by atoms with Crippen molar-refractivity contribution in [3.63, 3.8) is 0 Å². The lowest BCUT2D eigenvalue weighted by Crippen LogP contribution is -2.32. The predicted octanol–water partition coefficient (Wildman–Crippen LogP) is 3.63. The molecule has 1 aliphatic rings.